The van der Waals surface area contributed by atoms with Gasteiger partial charge in [-0.25, -0.2) is 0 Å². The normalized spacial score (nSPS) is 14.9. The molecule has 0 atom stereocenters. The first-order valence-electron chi connectivity index (χ1n) is 8.77. The summed E-state index contributed by atoms with van der Waals surface area (Å²) in [5, 5.41) is 3.79. The van der Waals surface area contributed by atoms with Gasteiger partial charge in [0.15, 0.2) is 5.78 Å². The molecule has 8 heteroatoms. The van der Waals surface area contributed by atoms with Gasteiger partial charge in [0, 0.05) is 16.8 Å². The van der Waals surface area contributed by atoms with Crippen LogP contribution >= 0.6 is 23.4 Å². The highest BCUT2D eigenvalue weighted by atomic mass is 35.5. The molecule has 150 valence electrons. The molecule has 0 radical (unpaired) electrons. The van der Waals surface area contributed by atoms with Gasteiger partial charge in [0.2, 0.25) is 11.8 Å². The van der Waals surface area contributed by atoms with E-state index in [0.29, 0.717) is 27.1 Å². The van der Waals surface area contributed by atoms with Gasteiger partial charge in [-0.1, -0.05) is 35.5 Å². The number of ether oxygens (including phenoxy) is 1. The summed E-state index contributed by atoms with van der Waals surface area (Å²) in [6.45, 7) is 1.65. The van der Waals surface area contributed by atoms with Crippen molar-refractivity contribution < 1.29 is 19.1 Å². The minimum absolute atomic E-state index is 0.179. The molecule has 0 bridgehead atoms. The Morgan fingerprint density at radius 3 is 2.76 bits per heavy atom. The van der Waals surface area contributed by atoms with Crippen molar-refractivity contribution in [2.45, 2.75) is 6.92 Å². The molecule has 0 spiro atoms. The number of aryl methyl sites for hydroxylation is 1. The second kappa shape index (κ2) is 9.15. The van der Waals surface area contributed by atoms with Gasteiger partial charge in [-0.15, -0.1) is 0 Å². The van der Waals surface area contributed by atoms with Crippen LogP contribution in [0.15, 0.2) is 53.6 Å². The summed E-state index contributed by atoms with van der Waals surface area (Å²) in [5.74, 6) is -0.248. The Labute approximate surface area is 177 Å². The van der Waals surface area contributed by atoms with Crippen molar-refractivity contribution in [2.75, 3.05) is 24.7 Å². The zero-order valence-electron chi connectivity index (χ0n) is 15.9. The number of amides is 2. The number of hydrogen-bond acceptors (Lipinski definition) is 5. The first-order chi connectivity index (χ1) is 13.9. The molecule has 2 aromatic carbocycles. The highest BCUT2D eigenvalue weighted by Crippen LogP contribution is 2.30. The number of ketones is 1. The molecule has 0 aliphatic carbocycles. The topological polar surface area (TPSA) is 75.7 Å². The van der Waals surface area contributed by atoms with Gasteiger partial charge in [0.05, 0.1) is 23.5 Å². The lowest BCUT2D eigenvalue weighted by atomic mass is 10.1. The Kier molecular flexibility index (Phi) is 6.61. The molecule has 1 saturated heterocycles. The van der Waals surface area contributed by atoms with E-state index in [0.717, 1.165) is 5.56 Å². The number of benzene rings is 2. The van der Waals surface area contributed by atoms with E-state index >= 15 is 0 Å². The summed E-state index contributed by atoms with van der Waals surface area (Å²) in [4.78, 5) is 38.7. The van der Waals surface area contributed by atoms with Crippen molar-refractivity contribution in [2.24, 2.45) is 0 Å². The fourth-order valence-corrected chi connectivity index (χ4v) is 4.01. The quantitative estimate of drug-likeness (QED) is 0.555. The van der Waals surface area contributed by atoms with E-state index in [1.165, 1.54) is 29.8 Å². The van der Waals surface area contributed by atoms with Crippen LogP contribution in [0.5, 0.6) is 5.75 Å². The minimum atomic E-state index is -0.359. The molecule has 1 aliphatic heterocycles. The molecule has 29 heavy (non-hydrogen) atoms. The number of thioether (sulfide) groups is 1. The Bertz CT molecular complexity index is 1010. The number of methoxy groups -OCH3 is 1. The van der Waals surface area contributed by atoms with Crippen LogP contribution in [0.2, 0.25) is 5.02 Å². The Hall–Kier alpha value is -2.77. The van der Waals surface area contributed by atoms with Gasteiger partial charge >= 0.3 is 0 Å². The Morgan fingerprint density at radius 1 is 1.28 bits per heavy atom. The molecule has 3 rings (SSSR count). The maximum absolute atomic E-state index is 12.7. The molecule has 6 nitrogen and oxygen atoms in total. The average molecular weight is 431 g/mol. The van der Waals surface area contributed by atoms with Crippen molar-refractivity contribution in [3.8, 4) is 5.75 Å². The van der Waals surface area contributed by atoms with Crippen molar-refractivity contribution in [3.05, 3.63) is 69.7 Å². The number of hydrogen-bond donors (Lipinski definition) is 1. The number of halogens is 1. The van der Waals surface area contributed by atoms with Gasteiger partial charge in [-0.3, -0.25) is 19.3 Å². The van der Waals surface area contributed by atoms with Crippen LogP contribution in [0, 0.1) is 6.92 Å². The molecule has 0 aromatic heterocycles. The molecule has 0 unspecified atom stereocenters. The maximum atomic E-state index is 12.7. The van der Waals surface area contributed by atoms with Gasteiger partial charge in [-0.05, 0) is 42.8 Å². The van der Waals surface area contributed by atoms with E-state index in [4.69, 9.17) is 16.3 Å². The highest BCUT2D eigenvalue weighted by Gasteiger charge is 2.29. The van der Waals surface area contributed by atoms with Crippen LogP contribution < -0.4 is 10.1 Å². The van der Waals surface area contributed by atoms with Crippen molar-refractivity contribution >= 4 is 46.6 Å². The van der Waals surface area contributed by atoms with E-state index in [9.17, 15) is 14.4 Å². The van der Waals surface area contributed by atoms with Crippen LogP contribution in [-0.2, 0) is 9.59 Å². The number of rotatable bonds is 6. The summed E-state index contributed by atoms with van der Waals surface area (Å²) in [5.41, 5.74) is 1.83. The van der Waals surface area contributed by atoms with E-state index in [-0.39, 0.29) is 29.9 Å². The Balaban J connectivity index is 1.75. The minimum Gasteiger partial charge on any atom is -0.496 e. The number of nitrogens with one attached hydrogen (secondary N) is 1. The number of anilines is 1. The summed E-state index contributed by atoms with van der Waals surface area (Å²) < 4.78 is 5.22. The fourth-order valence-electron chi connectivity index (χ4n) is 2.84. The predicted octanol–water partition coefficient (Wildman–Crippen LogP) is 3.90. The average Bonchev–Trinajstić information content (AvgIpc) is 3.03. The van der Waals surface area contributed by atoms with Crippen LogP contribution in [0.1, 0.15) is 15.9 Å². The molecule has 1 aliphatic rings. The Morgan fingerprint density at radius 2 is 2.03 bits per heavy atom. The number of carbonyl (C=O) groups is 3. The molecule has 1 heterocycles. The van der Waals surface area contributed by atoms with Gasteiger partial charge in [-0.2, -0.15) is 0 Å². The number of para-hydroxylation sites is 1. The number of allylic oxidation sites excluding steroid dienone is 1. The lowest BCUT2D eigenvalue weighted by molar-refractivity contribution is -0.129. The third-order valence-corrected chi connectivity index (χ3v) is 5.56. The third-order valence-electron chi connectivity index (χ3n) is 4.30. The van der Waals surface area contributed by atoms with Crippen molar-refractivity contribution in [1.29, 1.82) is 0 Å². The zero-order chi connectivity index (χ0) is 21.0. The fraction of sp³-hybridized carbons (Fsp3) is 0.190. The van der Waals surface area contributed by atoms with E-state index in [1.807, 2.05) is 6.92 Å². The van der Waals surface area contributed by atoms with E-state index < -0.39 is 0 Å². The molecule has 1 N–H and O–H groups in total. The first kappa shape index (κ1) is 21.0. The standard InChI is InChI=1S/C21H19ClN2O4S/c1-13-9-14(22)7-8-16(13)23-19(26)11-24-20(27)12-29-21(24)10-17(25)15-5-3-4-6-18(15)28-2/h3-10H,11-12H2,1-2H3,(H,23,26). The van der Waals surface area contributed by atoms with E-state index in [1.54, 1.807) is 42.5 Å². The van der Waals surface area contributed by atoms with Gasteiger partial charge < -0.3 is 10.1 Å². The second-order valence-corrected chi connectivity index (χ2v) is 7.76. The van der Waals surface area contributed by atoms with Crippen LogP contribution in [-0.4, -0.2) is 41.9 Å². The van der Waals surface area contributed by atoms with Crippen molar-refractivity contribution in [3.63, 3.8) is 0 Å². The van der Waals surface area contributed by atoms with Crippen molar-refractivity contribution in [1.82, 2.24) is 4.90 Å². The number of nitrogens with zero attached hydrogens (tertiary/aromatic N) is 1. The predicted molar refractivity (Wildman–Crippen MR) is 114 cm³/mol. The van der Waals surface area contributed by atoms with Crippen LogP contribution in [0.4, 0.5) is 5.69 Å². The largest absolute Gasteiger partial charge is 0.496 e. The zero-order valence-corrected chi connectivity index (χ0v) is 17.5. The molecule has 2 amide bonds. The van der Waals surface area contributed by atoms with E-state index in [2.05, 4.69) is 5.32 Å². The summed E-state index contributed by atoms with van der Waals surface area (Å²) in [7, 11) is 1.49. The first-order valence-corrected chi connectivity index (χ1v) is 10.1. The smallest absolute Gasteiger partial charge is 0.244 e. The summed E-state index contributed by atoms with van der Waals surface area (Å²) in [6, 6.07) is 12.0. The molecule has 0 saturated carbocycles. The third kappa shape index (κ3) is 4.99. The van der Waals surface area contributed by atoms with Crippen LogP contribution in [0.3, 0.4) is 0 Å². The monoisotopic (exact) mass is 430 g/mol. The summed E-state index contributed by atoms with van der Waals surface area (Å²) in [6.07, 6.45) is 1.37. The maximum Gasteiger partial charge on any atom is 0.244 e. The molecule has 1 fully saturated rings. The number of carbonyl (C=O) groups excluding carboxylic acids is 3. The van der Waals surface area contributed by atoms with Crippen LogP contribution in [0.25, 0.3) is 0 Å². The lowest BCUT2D eigenvalue weighted by Gasteiger charge is -2.17. The SMILES string of the molecule is COc1ccccc1C(=O)C=C1SCC(=O)N1CC(=O)Nc1ccc(Cl)cc1C. The van der Waals surface area contributed by atoms with Gasteiger partial charge in [0.1, 0.15) is 12.3 Å². The summed E-state index contributed by atoms with van der Waals surface area (Å²) >= 11 is 7.16. The lowest BCUT2D eigenvalue weighted by Crippen LogP contribution is -2.34. The molecular weight excluding hydrogens is 412 g/mol. The second-order valence-electron chi connectivity index (χ2n) is 6.32. The highest BCUT2D eigenvalue weighted by molar-refractivity contribution is 8.04. The van der Waals surface area contributed by atoms with Gasteiger partial charge in [0.25, 0.3) is 0 Å². The molecular formula is C21H19ClN2O4S. The molecule has 2 aromatic rings.